The fraction of sp³-hybridized carbons (Fsp3) is 0.933. The molecule has 2 aliphatic heterocycles. The molecule has 4 nitrogen and oxygen atoms in total. The van der Waals surface area contributed by atoms with Crippen LogP contribution in [0.5, 0.6) is 0 Å². The fourth-order valence-electron chi connectivity index (χ4n) is 3.65. The molecule has 2 fully saturated rings. The summed E-state index contributed by atoms with van der Waals surface area (Å²) in [7, 11) is 4.28. The summed E-state index contributed by atoms with van der Waals surface area (Å²) < 4.78 is 0. The van der Waals surface area contributed by atoms with Crippen molar-refractivity contribution >= 4 is 5.91 Å². The Morgan fingerprint density at radius 3 is 2.53 bits per heavy atom. The monoisotopic (exact) mass is 267 g/mol. The van der Waals surface area contributed by atoms with Crippen LogP contribution in [0.15, 0.2) is 0 Å². The zero-order valence-electron chi connectivity index (χ0n) is 12.7. The summed E-state index contributed by atoms with van der Waals surface area (Å²) in [4.78, 5) is 17.3. The molecule has 1 unspecified atom stereocenters. The lowest BCUT2D eigenvalue weighted by Gasteiger charge is -2.39. The van der Waals surface area contributed by atoms with Gasteiger partial charge < -0.3 is 15.1 Å². The Hall–Kier alpha value is -0.610. The Morgan fingerprint density at radius 2 is 2.05 bits per heavy atom. The molecule has 1 amide bonds. The number of piperidine rings is 1. The Morgan fingerprint density at radius 1 is 1.37 bits per heavy atom. The SMILES string of the molecule is CCCC1(C(=O)N2CCC(N(C)C)CC2)CCNC1. The van der Waals surface area contributed by atoms with Crippen LogP contribution < -0.4 is 5.32 Å². The van der Waals surface area contributed by atoms with Crippen molar-refractivity contribution in [1.29, 1.82) is 0 Å². The van der Waals surface area contributed by atoms with Crippen LogP contribution in [0.2, 0.25) is 0 Å². The van der Waals surface area contributed by atoms with Crippen LogP contribution in [-0.4, -0.2) is 62.0 Å². The Kier molecular flexibility index (Phi) is 4.85. The van der Waals surface area contributed by atoms with E-state index in [4.69, 9.17) is 0 Å². The maximum absolute atomic E-state index is 12.9. The number of carbonyl (C=O) groups excluding carboxylic acids is 1. The molecular formula is C15H29N3O. The summed E-state index contributed by atoms with van der Waals surface area (Å²) in [6.07, 6.45) is 5.39. The number of amides is 1. The van der Waals surface area contributed by atoms with Gasteiger partial charge in [0.05, 0.1) is 5.41 Å². The summed E-state index contributed by atoms with van der Waals surface area (Å²) in [6.45, 7) is 5.94. The lowest BCUT2D eigenvalue weighted by atomic mass is 9.80. The Labute approximate surface area is 117 Å². The number of likely N-dealkylation sites (tertiary alicyclic amines) is 1. The maximum Gasteiger partial charge on any atom is 0.230 e. The second kappa shape index (κ2) is 6.23. The first-order valence-corrected chi connectivity index (χ1v) is 7.75. The molecule has 19 heavy (non-hydrogen) atoms. The zero-order chi connectivity index (χ0) is 13.9. The molecule has 0 aliphatic carbocycles. The van der Waals surface area contributed by atoms with E-state index < -0.39 is 0 Å². The fourth-order valence-corrected chi connectivity index (χ4v) is 3.65. The van der Waals surface area contributed by atoms with Gasteiger partial charge in [-0.2, -0.15) is 0 Å². The highest BCUT2D eigenvalue weighted by Crippen LogP contribution is 2.34. The number of hydrogen-bond acceptors (Lipinski definition) is 3. The van der Waals surface area contributed by atoms with Crippen molar-refractivity contribution in [2.24, 2.45) is 5.41 Å². The number of nitrogens with zero attached hydrogens (tertiary/aromatic N) is 2. The summed E-state index contributed by atoms with van der Waals surface area (Å²) in [5.74, 6) is 0.413. The van der Waals surface area contributed by atoms with E-state index in [9.17, 15) is 4.79 Å². The Bertz CT molecular complexity index is 303. The van der Waals surface area contributed by atoms with Gasteiger partial charge in [0.15, 0.2) is 0 Å². The molecule has 0 radical (unpaired) electrons. The number of nitrogens with one attached hydrogen (secondary N) is 1. The van der Waals surface area contributed by atoms with Gasteiger partial charge in [-0.15, -0.1) is 0 Å². The first-order valence-electron chi connectivity index (χ1n) is 7.75. The van der Waals surface area contributed by atoms with E-state index in [2.05, 4.69) is 36.1 Å². The van der Waals surface area contributed by atoms with Crippen LogP contribution >= 0.6 is 0 Å². The minimum absolute atomic E-state index is 0.0975. The van der Waals surface area contributed by atoms with Crippen molar-refractivity contribution in [3.05, 3.63) is 0 Å². The van der Waals surface area contributed by atoms with Gasteiger partial charge in [-0.3, -0.25) is 4.79 Å². The van der Waals surface area contributed by atoms with Crippen molar-refractivity contribution in [2.45, 2.75) is 45.1 Å². The van der Waals surface area contributed by atoms with Crippen molar-refractivity contribution in [3.63, 3.8) is 0 Å². The lowest BCUT2D eigenvalue weighted by Crippen LogP contribution is -2.50. The molecule has 0 saturated carbocycles. The van der Waals surface area contributed by atoms with Gasteiger partial charge in [0.2, 0.25) is 5.91 Å². The predicted molar refractivity (Wildman–Crippen MR) is 78.1 cm³/mol. The summed E-state index contributed by atoms with van der Waals surface area (Å²) in [5.41, 5.74) is -0.0975. The van der Waals surface area contributed by atoms with Gasteiger partial charge in [0, 0.05) is 25.7 Å². The van der Waals surface area contributed by atoms with E-state index in [0.717, 1.165) is 58.3 Å². The van der Waals surface area contributed by atoms with E-state index in [-0.39, 0.29) is 5.41 Å². The molecule has 110 valence electrons. The molecule has 1 atom stereocenters. The van der Waals surface area contributed by atoms with E-state index in [1.807, 2.05) is 0 Å². The highest BCUT2D eigenvalue weighted by atomic mass is 16.2. The largest absolute Gasteiger partial charge is 0.342 e. The van der Waals surface area contributed by atoms with E-state index in [0.29, 0.717) is 11.9 Å². The molecule has 0 aromatic carbocycles. The number of rotatable bonds is 4. The van der Waals surface area contributed by atoms with E-state index >= 15 is 0 Å². The molecule has 0 bridgehead atoms. The van der Waals surface area contributed by atoms with E-state index in [1.165, 1.54) is 0 Å². The van der Waals surface area contributed by atoms with E-state index in [1.54, 1.807) is 0 Å². The number of hydrogen-bond donors (Lipinski definition) is 1. The molecule has 4 heteroatoms. The van der Waals surface area contributed by atoms with Gasteiger partial charge in [-0.05, 0) is 46.3 Å². The molecule has 2 aliphatic rings. The van der Waals surface area contributed by atoms with Gasteiger partial charge in [-0.25, -0.2) is 0 Å². The topological polar surface area (TPSA) is 35.6 Å². The highest BCUT2D eigenvalue weighted by Gasteiger charge is 2.43. The summed E-state index contributed by atoms with van der Waals surface area (Å²) >= 11 is 0. The normalized spacial score (nSPS) is 29.2. The predicted octanol–water partition coefficient (Wildman–Crippen LogP) is 1.32. The standard InChI is InChI=1S/C15H29N3O/c1-4-7-15(8-9-16-12-15)14(19)18-10-5-13(6-11-18)17(2)3/h13,16H,4-12H2,1-3H3. The third-order valence-corrected chi connectivity index (χ3v) is 4.91. The third kappa shape index (κ3) is 3.11. The summed E-state index contributed by atoms with van der Waals surface area (Å²) in [6, 6.07) is 0.646. The van der Waals surface area contributed by atoms with Crippen LogP contribution in [0.25, 0.3) is 0 Å². The first kappa shape index (κ1) is 14.8. The van der Waals surface area contributed by atoms with Gasteiger partial charge >= 0.3 is 0 Å². The second-order valence-corrected chi connectivity index (χ2v) is 6.44. The lowest BCUT2D eigenvalue weighted by molar-refractivity contribution is -0.143. The van der Waals surface area contributed by atoms with Crippen LogP contribution in [0.1, 0.15) is 39.0 Å². The second-order valence-electron chi connectivity index (χ2n) is 6.44. The zero-order valence-corrected chi connectivity index (χ0v) is 12.7. The summed E-state index contributed by atoms with van der Waals surface area (Å²) in [5, 5.41) is 3.39. The molecule has 0 spiro atoms. The maximum atomic E-state index is 12.9. The minimum Gasteiger partial charge on any atom is -0.342 e. The minimum atomic E-state index is -0.0975. The molecule has 2 saturated heterocycles. The molecular weight excluding hydrogens is 238 g/mol. The average Bonchev–Trinajstić information content (AvgIpc) is 2.88. The molecule has 2 heterocycles. The van der Waals surface area contributed by atoms with Crippen LogP contribution in [-0.2, 0) is 4.79 Å². The average molecular weight is 267 g/mol. The van der Waals surface area contributed by atoms with Crippen LogP contribution in [0.4, 0.5) is 0 Å². The molecule has 2 rings (SSSR count). The third-order valence-electron chi connectivity index (χ3n) is 4.91. The smallest absolute Gasteiger partial charge is 0.230 e. The Balaban J connectivity index is 1.96. The van der Waals surface area contributed by atoms with Crippen molar-refractivity contribution in [1.82, 2.24) is 15.1 Å². The quantitative estimate of drug-likeness (QED) is 0.834. The van der Waals surface area contributed by atoms with Gasteiger partial charge in [0.1, 0.15) is 0 Å². The van der Waals surface area contributed by atoms with Crippen molar-refractivity contribution in [2.75, 3.05) is 40.3 Å². The molecule has 1 N–H and O–H groups in total. The highest BCUT2D eigenvalue weighted by molar-refractivity contribution is 5.83. The first-order chi connectivity index (χ1) is 9.09. The van der Waals surface area contributed by atoms with Gasteiger partial charge in [0.25, 0.3) is 0 Å². The molecule has 0 aromatic rings. The van der Waals surface area contributed by atoms with Crippen molar-refractivity contribution < 1.29 is 4.79 Å². The molecule has 0 aromatic heterocycles. The van der Waals surface area contributed by atoms with Crippen molar-refractivity contribution in [3.8, 4) is 0 Å². The van der Waals surface area contributed by atoms with Crippen LogP contribution in [0, 0.1) is 5.41 Å². The van der Waals surface area contributed by atoms with Gasteiger partial charge in [-0.1, -0.05) is 13.3 Å². The number of carbonyl (C=O) groups is 1. The van der Waals surface area contributed by atoms with Crippen LogP contribution in [0.3, 0.4) is 0 Å².